The number of carbonyl (C=O) groups is 2. The third kappa shape index (κ3) is 5.32. The highest BCUT2D eigenvalue weighted by molar-refractivity contribution is 6.86. The molecular formula is C35H18BF15O4. The largest absolute Gasteiger partial charge is 0.468 e. The van der Waals surface area contributed by atoms with Crippen LogP contribution in [0, 0.1) is 104 Å². The second-order valence-electron chi connectivity index (χ2n) is 13.0. The molecule has 2 fully saturated rings. The predicted octanol–water partition coefficient (Wildman–Crippen LogP) is 7.23. The normalized spacial score (nSPS) is 20.2. The highest BCUT2D eigenvalue weighted by Gasteiger charge is 2.80. The molecule has 20 heteroatoms. The number of ether oxygens (including phenoxy) is 2. The Balaban J connectivity index is 1.89. The summed E-state index contributed by atoms with van der Waals surface area (Å²) in [7, 11) is 1.43. The zero-order valence-corrected chi connectivity index (χ0v) is 27.4. The molecule has 0 aromatic heterocycles. The van der Waals surface area contributed by atoms with Crippen molar-refractivity contribution in [1.82, 2.24) is 0 Å². The van der Waals surface area contributed by atoms with Crippen LogP contribution in [0.3, 0.4) is 0 Å². The van der Waals surface area contributed by atoms with Gasteiger partial charge >= 0.3 is 11.9 Å². The third-order valence-corrected chi connectivity index (χ3v) is 10.6. The maximum absolute atomic E-state index is 16.2. The van der Waals surface area contributed by atoms with E-state index in [0.29, 0.717) is 14.2 Å². The van der Waals surface area contributed by atoms with Crippen molar-refractivity contribution < 1.29 is 84.9 Å². The van der Waals surface area contributed by atoms with Crippen LogP contribution in [0.4, 0.5) is 65.9 Å². The molecule has 4 atom stereocenters. The number of hydrogen-bond donors (Lipinski definition) is 0. The van der Waals surface area contributed by atoms with Crippen molar-refractivity contribution in [2.24, 2.45) is 16.7 Å². The molecule has 290 valence electrons. The monoisotopic (exact) mass is 798 g/mol. The van der Waals surface area contributed by atoms with Crippen LogP contribution in [0.25, 0.3) is 0 Å². The lowest BCUT2D eigenvalue weighted by molar-refractivity contribution is -0.170. The highest BCUT2D eigenvalue weighted by atomic mass is 19.2. The molecule has 6 rings (SSSR count). The molecule has 4 unspecified atom stereocenters. The number of halogens is 15. The van der Waals surface area contributed by atoms with Crippen molar-refractivity contribution in [3.63, 3.8) is 0 Å². The lowest BCUT2D eigenvalue weighted by atomic mass is 9.29. The molecule has 0 aliphatic heterocycles. The van der Waals surface area contributed by atoms with Crippen LogP contribution in [-0.4, -0.2) is 32.9 Å². The Morgan fingerprint density at radius 1 is 0.564 bits per heavy atom. The fourth-order valence-electron chi connectivity index (χ4n) is 8.49. The number of esters is 2. The first-order chi connectivity index (χ1) is 25.8. The van der Waals surface area contributed by atoms with E-state index in [4.69, 9.17) is 9.47 Å². The smallest absolute Gasteiger partial charge is 0.323 e. The summed E-state index contributed by atoms with van der Waals surface area (Å²) in [5, 5.41) is 0. The van der Waals surface area contributed by atoms with Gasteiger partial charge in [-0.25, -0.2) is 65.9 Å². The lowest BCUT2D eigenvalue weighted by Gasteiger charge is -2.37. The Morgan fingerprint density at radius 2 is 0.909 bits per heavy atom. The Morgan fingerprint density at radius 3 is 1.27 bits per heavy atom. The minimum Gasteiger partial charge on any atom is -0.468 e. The van der Waals surface area contributed by atoms with Gasteiger partial charge in [0, 0.05) is 16.5 Å². The Hall–Kier alpha value is -5.17. The van der Waals surface area contributed by atoms with Gasteiger partial charge in [-0.15, -0.1) is 0 Å². The van der Waals surface area contributed by atoms with Crippen molar-refractivity contribution in [2.75, 3.05) is 14.2 Å². The van der Waals surface area contributed by atoms with Crippen LogP contribution < -0.4 is 10.9 Å². The fourth-order valence-corrected chi connectivity index (χ4v) is 8.49. The van der Waals surface area contributed by atoms with Crippen molar-refractivity contribution in [3.8, 4) is 0 Å². The van der Waals surface area contributed by atoms with E-state index in [-0.39, 0.29) is 5.56 Å². The van der Waals surface area contributed by atoms with E-state index in [9.17, 15) is 40.3 Å². The third-order valence-electron chi connectivity index (χ3n) is 10.6. The molecule has 0 saturated heterocycles. The number of hydrogen-bond acceptors (Lipinski definition) is 4. The van der Waals surface area contributed by atoms with Gasteiger partial charge in [-0.1, -0.05) is 30.3 Å². The summed E-state index contributed by atoms with van der Waals surface area (Å²) in [6.07, 6.45) is -2.23. The summed E-state index contributed by atoms with van der Waals surface area (Å²) in [5.41, 5.74) is -12.9. The van der Waals surface area contributed by atoms with Crippen LogP contribution in [0.2, 0.25) is 0 Å². The van der Waals surface area contributed by atoms with E-state index in [1.807, 2.05) is 0 Å². The molecule has 0 bridgehead atoms. The van der Waals surface area contributed by atoms with E-state index >= 15 is 35.1 Å². The van der Waals surface area contributed by atoms with Crippen LogP contribution in [0.1, 0.15) is 35.7 Å². The molecule has 0 heterocycles. The first-order valence-electron chi connectivity index (χ1n) is 15.5. The van der Waals surface area contributed by atoms with E-state index < -0.39 is 164 Å². The van der Waals surface area contributed by atoms with Gasteiger partial charge in [0.05, 0.1) is 14.2 Å². The van der Waals surface area contributed by atoms with Gasteiger partial charge < -0.3 is 9.47 Å². The standard InChI is InChI=1S/C35H18BF15O4/c1-54-32(52)34(33(53)55-2)8-11-13(10-6-4-3-5-7-10)35(11,9-34)31(12-16(37)22(43)28(49)23(44)17(12)38)36(14-18(39)24(45)29(50)25(46)19(14)40)15-20(41)26(47)30(51)27(48)21(15)42/h3-7,11,13,31H,8-9H2,1-2H3. The molecule has 4 aromatic carbocycles. The summed E-state index contributed by atoms with van der Waals surface area (Å²) < 4.78 is 239. The first-order valence-corrected chi connectivity index (χ1v) is 15.5. The van der Waals surface area contributed by atoms with Crippen LogP contribution >= 0.6 is 0 Å². The zero-order valence-electron chi connectivity index (χ0n) is 27.4. The zero-order chi connectivity index (χ0) is 40.8. The molecule has 55 heavy (non-hydrogen) atoms. The van der Waals surface area contributed by atoms with E-state index in [1.165, 1.54) is 30.3 Å². The molecule has 0 N–H and O–H groups in total. The number of methoxy groups -OCH3 is 2. The molecular weight excluding hydrogens is 780 g/mol. The lowest BCUT2D eigenvalue weighted by Crippen LogP contribution is -2.57. The molecule has 0 spiro atoms. The van der Waals surface area contributed by atoms with Crippen molar-refractivity contribution in [1.29, 1.82) is 0 Å². The average Bonchev–Trinajstić information content (AvgIpc) is 3.65. The maximum atomic E-state index is 16.2. The van der Waals surface area contributed by atoms with E-state index in [1.54, 1.807) is 0 Å². The Bertz CT molecular complexity index is 2130. The molecule has 2 aliphatic rings. The van der Waals surface area contributed by atoms with Gasteiger partial charge in [0.15, 0.2) is 86.9 Å². The van der Waals surface area contributed by atoms with Gasteiger partial charge in [0.1, 0.15) is 0 Å². The van der Waals surface area contributed by atoms with E-state index in [2.05, 4.69) is 0 Å². The first kappa shape index (κ1) is 39.5. The Kier molecular flexibility index (Phi) is 9.73. The molecule has 0 amide bonds. The van der Waals surface area contributed by atoms with Crippen molar-refractivity contribution >= 4 is 29.6 Å². The molecule has 2 aliphatic carbocycles. The highest BCUT2D eigenvalue weighted by Crippen LogP contribution is 2.82. The van der Waals surface area contributed by atoms with Crippen LogP contribution in [0.15, 0.2) is 30.3 Å². The van der Waals surface area contributed by atoms with Gasteiger partial charge in [-0.3, -0.25) is 9.59 Å². The van der Waals surface area contributed by atoms with Crippen molar-refractivity contribution in [2.45, 2.75) is 24.6 Å². The summed E-state index contributed by atoms with van der Waals surface area (Å²) in [6, 6.07) is 6.43. The fraction of sp³-hybridized carbons (Fsp3) is 0.257. The Labute approximate surface area is 298 Å². The second kappa shape index (κ2) is 13.5. The SMILES string of the molecule is COC(=O)C1(C(=O)OC)CC2C(c3ccccc3)C2(C(B(c2c(F)c(F)c(F)c(F)c2F)c2c(F)c(F)c(F)c(F)c2F)c2c(F)c(F)c(F)c(F)c2F)C1. The van der Waals surface area contributed by atoms with Gasteiger partial charge in [0.25, 0.3) is 0 Å². The van der Waals surface area contributed by atoms with Gasteiger partial charge in [-0.2, -0.15) is 0 Å². The molecule has 4 aromatic rings. The van der Waals surface area contributed by atoms with Gasteiger partial charge in [-0.05, 0) is 41.5 Å². The number of benzene rings is 4. The topological polar surface area (TPSA) is 52.6 Å². The van der Waals surface area contributed by atoms with E-state index in [0.717, 1.165) is 0 Å². The minimum absolute atomic E-state index is 0.0294. The second-order valence-corrected chi connectivity index (χ2v) is 13.0. The summed E-state index contributed by atoms with van der Waals surface area (Å²) in [5.74, 6) is -54.1. The van der Waals surface area contributed by atoms with Crippen molar-refractivity contribution in [3.05, 3.63) is 129 Å². The minimum atomic E-state index is -3.80. The average molecular weight is 798 g/mol. The summed E-state index contributed by atoms with van der Waals surface area (Å²) in [4.78, 5) is 26.7. The number of carbonyl (C=O) groups excluding carboxylic acids is 2. The molecule has 0 radical (unpaired) electrons. The van der Waals surface area contributed by atoms with Crippen LogP contribution in [0.5, 0.6) is 0 Å². The molecule has 2 saturated carbocycles. The maximum Gasteiger partial charge on any atom is 0.323 e. The quantitative estimate of drug-likeness (QED) is 0.0472. The van der Waals surface area contributed by atoms with Crippen LogP contribution in [-0.2, 0) is 19.1 Å². The summed E-state index contributed by atoms with van der Waals surface area (Å²) >= 11 is 0. The summed E-state index contributed by atoms with van der Waals surface area (Å²) in [6.45, 7) is -3.80. The number of rotatable bonds is 8. The number of fused-ring (bicyclic) bond motifs is 1. The predicted molar refractivity (Wildman–Crippen MR) is 157 cm³/mol. The molecule has 4 nitrogen and oxygen atoms in total. The van der Waals surface area contributed by atoms with Gasteiger partial charge in [0.2, 0.25) is 12.5 Å².